The van der Waals surface area contributed by atoms with E-state index in [2.05, 4.69) is 54.9 Å². The van der Waals surface area contributed by atoms with Crippen molar-refractivity contribution in [1.82, 2.24) is 23.7 Å². The molecule has 3 aromatic heterocycles. The number of aryl methyl sites for hydroxylation is 1. The first-order chi connectivity index (χ1) is 11.6. The highest BCUT2D eigenvalue weighted by Gasteiger charge is 2.28. The fourth-order valence-corrected chi connectivity index (χ4v) is 4.02. The lowest BCUT2D eigenvalue weighted by Gasteiger charge is -2.15. The van der Waals surface area contributed by atoms with Gasteiger partial charge in [0.1, 0.15) is 5.82 Å². The Hall–Kier alpha value is -1.49. The Bertz CT molecular complexity index is 870. The summed E-state index contributed by atoms with van der Waals surface area (Å²) in [5, 5.41) is 12.0. The molecule has 0 amide bonds. The van der Waals surface area contributed by atoms with Gasteiger partial charge in [-0.25, -0.2) is 0 Å². The summed E-state index contributed by atoms with van der Waals surface area (Å²) in [6, 6.07) is 2.49. The van der Waals surface area contributed by atoms with Crippen molar-refractivity contribution < 1.29 is 0 Å². The van der Waals surface area contributed by atoms with Gasteiger partial charge in [0, 0.05) is 55.8 Å². The minimum atomic E-state index is 0.421. The van der Waals surface area contributed by atoms with Crippen LogP contribution < -0.4 is 10.6 Å². The Labute approximate surface area is 156 Å². The van der Waals surface area contributed by atoms with Gasteiger partial charge in [-0.15, -0.1) is 0 Å². The largest absolute Gasteiger partial charge is 0.367 e. The number of nitrogens with one attached hydrogen (secondary N) is 2. The Morgan fingerprint density at radius 1 is 1.38 bits per heavy atom. The van der Waals surface area contributed by atoms with Crippen LogP contribution in [0.3, 0.4) is 0 Å². The van der Waals surface area contributed by atoms with Crippen molar-refractivity contribution in [3.8, 4) is 0 Å². The molecule has 2 N–H and O–H groups in total. The van der Waals surface area contributed by atoms with Gasteiger partial charge < -0.3 is 10.6 Å². The van der Waals surface area contributed by atoms with E-state index < -0.39 is 0 Å². The van der Waals surface area contributed by atoms with E-state index >= 15 is 0 Å². The molecule has 0 saturated heterocycles. The molecule has 0 radical (unpaired) electrons. The zero-order chi connectivity index (χ0) is 16.7. The fourth-order valence-electron chi connectivity index (χ4n) is 2.76. The Balaban J connectivity index is 1.72. The second-order valence-corrected chi connectivity index (χ2v) is 7.85. The van der Waals surface area contributed by atoms with Crippen molar-refractivity contribution in [2.75, 3.05) is 10.6 Å². The Kier molecular flexibility index (Phi) is 4.29. The zero-order valence-corrected chi connectivity index (χ0v) is 16.4. The molecule has 3 heterocycles. The number of nitrogens with zero attached hydrogens (tertiary/aromatic N) is 5. The topological polar surface area (TPSA) is 72.6 Å². The summed E-state index contributed by atoms with van der Waals surface area (Å²) in [6.07, 6.45) is 8.29. The van der Waals surface area contributed by atoms with Gasteiger partial charge in [0.2, 0.25) is 5.95 Å². The van der Waals surface area contributed by atoms with Crippen LogP contribution in [0.15, 0.2) is 24.7 Å². The summed E-state index contributed by atoms with van der Waals surface area (Å²) >= 11 is 2.26. The molecule has 0 spiro atoms. The molecule has 126 valence electrons. The van der Waals surface area contributed by atoms with E-state index in [1.807, 2.05) is 23.4 Å². The molecule has 1 saturated carbocycles. The first kappa shape index (κ1) is 16.0. The molecular weight excluding hydrogens is 437 g/mol. The quantitative estimate of drug-likeness (QED) is 0.549. The monoisotopic (exact) mass is 455 g/mol. The first-order valence-corrected chi connectivity index (χ1v) is 11.2. The minimum Gasteiger partial charge on any atom is -0.367 e. The highest BCUT2D eigenvalue weighted by atomic mass is 127. The van der Waals surface area contributed by atoms with Crippen molar-refractivity contribution in [3.63, 3.8) is 0 Å². The molecule has 3 aromatic rings. The van der Waals surface area contributed by atoms with Crippen LogP contribution in [0.1, 0.15) is 19.8 Å². The van der Waals surface area contributed by atoms with Crippen molar-refractivity contribution >= 4 is 58.8 Å². The SMILES string of the molecule is C[C@H](Nc1nc(Nc2cnn(C)c2)nc2c1ccn2SI)C1CC1. The summed E-state index contributed by atoms with van der Waals surface area (Å²) in [5.41, 5.74) is 1.78. The summed E-state index contributed by atoms with van der Waals surface area (Å²) in [6.45, 7) is 2.23. The number of hydrogen-bond acceptors (Lipinski definition) is 6. The summed E-state index contributed by atoms with van der Waals surface area (Å²) < 4.78 is 3.79. The van der Waals surface area contributed by atoms with Crippen LogP contribution in [-0.2, 0) is 7.05 Å². The smallest absolute Gasteiger partial charge is 0.231 e. The van der Waals surface area contributed by atoms with E-state index in [1.165, 1.54) is 12.8 Å². The van der Waals surface area contributed by atoms with E-state index in [9.17, 15) is 0 Å². The van der Waals surface area contributed by atoms with E-state index in [-0.39, 0.29) is 0 Å². The molecular formula is C15H18IN7S. The number of rotatable bonds is 6. The van der Waals surface area contributed by atoms with Gasteiger partial charge in [0.25, 0.3) is 0 Å². The van der Waals surface area contributed by atoms with Crippen molar-refractivity contribution in [1.29, 1.82) is 0 Å². The number of aromatic nitrogens is 5. The molecule has 0 aromatic carbocycles. The van der Waals surface area contributed by atoms with Crippen LogP contribution in [0.4, 0.5) is 17.5 Å². The van der Waals surface area contributed by atoms with Gasteiger partial charge in [-0.3, -0.25) is 8.65 Å². The molecule has 1 aliphatic rings. The highest BCUT2D eigenvalue weighted by Crippen LogP contribution is 2.35. The summed E-state index contributed by atoms with van der Waals surface area (Å²) in [7, 11) is 3.48. The maximum absolute atomic E-state index is 4.71. The van der Waals surface area contributed by atoms with Crippen LogP contribution >= 0.6 is 30.3 Å². The lowest BCUT2D eigenvalue weighted by Crippen LogP contribution is -2.18. The fraction of sp³-hybridized carbons (Fsp3) is 0.400. The van der Waals surface area contributed by atoms with Crippen LogP contribution in [0.5, 0.6) is 0 Å². The molecule has 0 unspecified atom stereocenters. The molecule has 24 heavy (non-hydrogen) atoms. The Morgan fingerprint density at radius 3 is 2.88 bits per heavy atom. The number of halogens is 1. The molecule has 1 aliphatic carbocycles. The van der Waals surface area contributed by atoms with Crippen molar-refractivity contribution in [2.24, 2.45) is 13.0 Å². The zero-order valence-electron chi connectivity index (χ0n) is 13.4. The van der Waals surface area contributed by atoms with Crippen LogP contribution in [0, 0.1) is 5.92 Å². The Morgan fingerprint density at radius 2 is 2.21 bits per heavy atom. The van der Waals surface area contributed by atoms with Gasteiger partial charge in [0.05, 0.1) is 17.3 Å². The van der Waals surface area contributed by atoms with E-state index in [0.29, 0.717) is 12.0 Å². The summed E-state index contributed by atoms with van der Waals surface area (Å²) in [5.74, 6) is 2.21. The molecule has 1 atom stereocenters. The van der Waals surface area contributed by atoms with Crippen LogP contribution in [0.2, 0.25) is 0 Å². The third-order valence-electron chi connectivity index (χ3n) is 4.24. The lowest BCUT2D eigenvalue weighted by molar-refractivity contribution is 0.691. The second-order valence-electron chi connectivity index (χ2n) is 6.14. The van der Waals surface area contributed by atoms with Crippen LogP contribution in [-0.4, -0.2) is 29.8 Å². The molecule has 7 nitrogen and oxygen atoms in total. The van der Waals surface area contributed by atoms with Gasteiger partial charge >= 0.3 is 0 Å². The maximum Gasteiger partial charge on any atom is 0.231 e. The molecule has 0 bridgehead atoms. The predicted octanol–water partition coefficient (Wildman–Crippen LogP) is 3.97. The van der Waals surface area contributed by atoms with E-state index in [1.54, 1.807) is 20.0 Å². The van der Waals surface area contributed by atoms with Crippen molar-refractivity contribution in [3.05, 3.63) is 24.7 Å². The number of fused-ring (bicyclic) bond motifs is 1. The first-order valence-electron chi connectivity index (χ1n) is 7.84. The van der Waals surface area contributed by atoms with E-state index in [4.69, 9.17) is 4.98 Å². The lowest BCUT2D eigenvalue weighted by atomic mass is 10.2. The van der Waals surface area contributed by atoms with Crippen molar-refractivity contribution in [2.45, 2.75) is 25.8 Å². The van der Waals surface area contributed by atoms with Gasteiger partial charge in [0.15, 0.2) is 5.65 Å². The summed E-state index contributed by atoms with van der Waals surface area (Å²) in [4.78, 5) is 9.38. The highest BCUT2D eigenvalue weighted by molar-refractivity contribution is 14.2. The second kappa shape index (κ2) is 6.43. The average Bonchev–Trinajstić information content (AvgIpc) is 3.22. The molecule has 0 aliphatic heterocycles. The van der Waals surface area contributed by atoms with Gasteiger partial charge in [-0.2, -0.15) is 15.1 Å². The number of anilines is 3. The maximum atomic E-state index is 4.71. The molecule has 4 rings (SSSR count). The predicted molar refractivity (Wildman–Crippen MR) is 107 cm³/mol. The standard InChI is InChI=1S/C15H18IN7S/c1-9(10-3-4-10)18-13-12-5-6-23(24-16)14(12)21-15(20-13)19-11-7-17-22(2)8-11/h5-10H,3-4H2,1-2H3,(H2,18,19,20,21)/t9-/m0/s1. The average molecular weight is 455 g/mol. The molecule has 9 heteroatoms. The van der Waals surface area contributed by atoms with Crippen LogP contribution in [0.25, 0.3) is 11.0 Å². The number of hydrogen-bond donors (Lipinski definition) is 2. The minimum absolute atomic E-state index is 0.421. The van der Waals surface area contributed by atoms with Gasteiger partial charge in [-0.1, -0.05) is 0 Å². The van der Waals surface area contributed by atoms with Gasteiger partial charge in [-0.05, 0) is 31.7 Å². The normalized spacial score (nSPS) is 15.6. The third kappa shape index (κ3) is 3.18. The molecule has 1 fully saturated rings. The van der Waals surface area contributed by atoms with E-state index in [0.717, 1.165) is 28.5 Å². The third-order valence-corrected chi connectivity index (χ3v) is 5.96.